The molecule has 0 aliphatic heterocycles. The van der Waals surface area contributed by atoms with Gasteiger partial charge in [0.25, 0.3) is 0 Å². The van der Waals surface area contributed by atoms with Crippen LogP contribution in [-0.2, 0) is 6.54 Å². The lowest BCUT2D eigenvalue weighted by Gasteiger charge is -2.21. The minimum absolute atomic E-state index is 0.452. The quantitative estimate of drug-likeness (QED) is 0.842. The molecule has 0 saturated heterocycles. The molecule has 0 aliphatic carbocycles. The Morgan fingerprint density at radius 2 is 2.11 bits per heavy atom. The summed E-state index contributed by atoms with van der Waals surface area (Å²) in [7, 11) is 2.04. The first-order valence-corrected chi connectivity index (χ1v) is 7.89. The van der Waals surface area contributed by atoms with E-state index in [1.54, 1.807) is 18.3 Å². The highest BCUT2D eigenvalue weighted by Gasteiger charge is 2.10. The first-order chi connectivity index (χ1) is 8.97. The zero-order valence-electron chi connectivity index (χ0n) is 10.7. The highest BCUT2D eigenvalue weighted by atomic mass is 79.9. The van der Waals surface area contributed by atoms with Crippen molar-refractivity contribution in [2.24, 2.45) is 0 Å². The number of hydrogen-bond donors (Lipinski definition) is 1. The molecular formula is C14H15BrClNOS. The molecule has 0 bridgehead atoms. The molecule has 1 N–H and O–H groups in total. The number of thiophene rings is 1. The molecule has 0 fully saturated rings. The van der Waals surface area contributed by atoms with Crippen LogP contribution in [0.25, 0.3) is 0 Å². The van der Waals surface area contributed by atoms with Crippen molar-refractivity contribution in [3.8, 4) is 0 Å². The van der Waals surface area contributed by atoms with Crippen LogP contribution in [0.4, 0.5) is 5.69 Å². The topological polar surface area (TPSA) is 23.5 Å². The summed E-state index contributed by atoms with van der Waals surface area (Å²) in [6.07, 6.45) is -0.452. The van der Waals surface area contributed by atoms with Crippen molar-refractivity contribution in [2.75, 3.05) is 11.9 Å². The third-order valence-corrected chi connectivity index (χ3v) is 4.74. The third kappa shape index (κ3) is 3.72. The van der Waals surface area contributed by atoms with E-state index in [-0.39, 0.29) is 0 Å². The summed E-state index contributed by atoms with van der Waals surface area (Å²) in [6.45, 7) is 2.57. The smallest absolute Gasteiger partial charge is 0.0931 e. The van der Waals surface area contributed by atoms with Gasteiger partial charge in [-0.3, -0.25) is 0 Å². The standard InChI is InChI=1S/C14H15BrClNOS/c1-9(18)10-3-5-13(12(15)7-10)17(2)8-11-4-6-14(16)19-11/h3-7,9,18H,8H2,1-2H3. The molecule has 1 aromatic heterocycles. The summed E-state index contributed by atoms with van der Waals surface area (Å²) < 4.78 is 1.79. The van der Waals surface area contributed by atoms with Crippen molar-refractivity contribution >= 4 is 44.6 Å². The largest absolute Gasteiger partial charge is 0.389 e. The summed E-state index contributed by atoms with van der Waals surface area (Å²) in [5.74, 6) is 0. The van der Waals surface area contributed by atoms with Crippen LogP contribution in [0.1, 0.15) is 23.5 Å². The van der Waals surface area contributed by atoms with Crippen LogP contribution in [0.2, 0.25) is 4.34 Å². The molecule has 19 heavy (non-hydrogen) atoms. The van der Waals surface area contributed by atoms with Gasteiger partial charge in [-0.1, -0.05) is 17.7 Å². The van der Waals surface area contributed by atoms with E-state index in [0.717, 1.165) is 26.6 Å². The van der Waals surface area contributed by atoms with Gasteiger partial charge in [0.1, 0.15) is 0 Å². The van der Waals surface area contributed by atoms with Crippen LogP contribution in [0.5, 0.6) is 0 Å². The Bertz CT molecular complexity index is 570. The number of aliphatic hydroxyl groups excluding tert-OH is 1. The second-order valence-electron chi connectivity index (χ2n) is 4.45. The molecule has 1 heterocycles. The number of nitrogens with zero attached hydrogens (tertiary/aromatic N) is 1. The Morgan fingerprint density at radius 1 is 1.37 bits per heavy atom. The predicted octanol–water partition coefficient (Wildman–Crippen LogP) is 4.85. The van der Waals surface area contributed by atoms with Crippen molar-refractivity contribution in [3.63, 3.8) is 0 Å². The van der Waals surface area contributed by atoms with Crippen molar-refractivity contribution in [1.29, 1.82) is 0 Å². The van der Waals surface area contributed by atoms with E-state index in [2.05, 4.69) is 20.8 Å². The zero-order chi connectivity index (χ0) is 14.0. The van der Waals surface area contributed by atoms with Crippen molar-refractivity contribution in [1.82, 2.24) is 0 Å². The lowest BCUT2D eigenvalue weighted by molar-refractivity contribution is 0.199. The first-order valence-electron chi connectivity index (χ1n) is 5.90. The Hall–Kier alpha value is -0.550. The third-order valence-electron chi connectivity index (χ3n) is 2.89. The van der Waals surface area contributed by atoms with Crippen molar-refractivity contribution < 1.29 is 5.11 Å². The maximum absolute atomic E-state index is 9.57. The molecule has 0 aliphatic rings. The van der Waals surface area contributed by atoms with E-state index >= 15 is 0 Å². The van der Waals surface area contributed by atoms with Crippen molar-refractivity contribution in [3.05, 3.63) is 49.6 Å². The van der Waals surface area contributed by atoms with E-state index in [9.17, 15) is 5.11 Å². The maximum atomic E-state index is 9.57. The minimum Gasteiger partial charge on any atom is -0.389 e. The summed E-state index contributed by atoms with van der Waals surface area (Å²) in [6, 6.07) is 9.88. The fraction of sp³-hybridized carbons (Fsp3) is 0.286. The molecule has 1 aromatic carbocycles. The van der Waals surface area contributed by atoms with E-state index in [1.165, 1.54) is 4.88 Å². The van der Waals surface area contributed by atoms with Gasteiger partial charge in [0.15, 0.2) is 0 Å². The van der Waals surface area contributed by atoms with Crippen LogP contribution in [0.15, 0.2) is 34.8 Å². The van der Waals surface area contributed by atoms with Gasteiger partial charge in [0, 0.05) is 16.4 Å². The number of anilines is 1. The average molecular weight is 361 g/mol. The number of benzene rings is 1. The van der Waals surface area contributed by atoms with Crippen LogP contribution in [0, 0.1) is 0 Å². The van der Waals surface area contributed by atoms with E-state index < -0.39 is 6.10 Å². The second-order valence-corrected chi connectivity index (χ2v) is 7.10. The average Bonchev–Trinajstić information content (AvgIpc) is 2.74. The molecule has 5 heteroatoms. The van der Waals surface area contributed by atoms with Gasteiger partial charge in [-0.25, -0.2) is 0 Å². The Labute approximate surface area is 130 Å². The molecule has 2 rings (SSSR count). The summed E-state index contributed by atoms with van der Waals surface area (Å²) >= 11 is 11.1. The van der Waals surface area contributed by atoms with Crippen LogP contribution < -0.4 is 4.90 Å². The molecule has 102 valence electrons. The zero-order valence-corrected chi connectivity index (χ0v) is 13.9. The number of aliphatic hydroxyl groups is 1. The maximum Gasteiger partial charge on any atom is 0.0931 e. The first kappa shape index (κ1) is 14.9. The van der Waals surface area contributed by atoms with Crippen LogP contribution >= 0.6 is 38.9 Å². The number of halogens is 2. The van der Waals surface area contributed by atoms with Gasteiger partial charge >= 0.3 is 0 Å². The predicted molar refractivity (Wildman–Crippen MR) is 86.2 cm³/mol. The fourth-order valence-electron chi connectivity index (χ4n) is 1.85. The molecule has 1 unspecified atom stereocenters. The van der Waals surface area contributed by atoms with Gasteiger partial charge in [-0.15, -0.1) is 11.3 Å². The molecule has 2 nitrogen and oxygen atoms in total. The molecule has 0 radical (unpaired) electrons. The minimum atomic E-state index is -0.452. The second kappa shape index (κ2) is 6.27. The van der Waals surface area contributed by atoms with Crippen molar-refractivity contribution in [2.45, 2.75) is 19.6 Å². The van der Waals surface area contributed by atoms with E-state index in [4.69, 9.17) is 11.6 Å². The van der Waals surface area contributed by atoms with Gasteiger partial charge in [0.05, 0.1) is 22.7 Å². The van der Waals surface area contributed by atoms with Gasteiger partial charge in [0.2, 0.25) is 0 Å². The molecule has 0 amide bonds. The lowest BCUT2D eigenvalue weighted by Crippen LogP contribution is -2.16. The van der Waals surface area contributed by atoms with Crippen LogP contribution in [0.3, 0.4) is 0 Å². The highest BCUT2D eigenvalue weighted by Crippen LogP contribution is 2.31. The van der Waals surface area contributed by atoms with E-state index in [0.29, 0.717) is 0 Å². The summed E-state index contributed by atoms with van der Waals surface area (Å²) in [4.78, 5) is 3.37. The van der Waals surface area contributed by atoms with Crippen LogP contribution in [-0.4, -0.2) is 12.2 Å². The van der Waals surface area contributed by atoms with Gasteiger partial charge in [-0.2, -0.15) is 0 Å². The fourth-order valence-corrected chi connectivity index (χ4v) is 3.69. The molecule has 2 aromatic rings. The number of rotatable bonds is 4. The SMILES string of the molecule is CC(O)c1ccc(N(C)Cc2ccc(Cl)s2)c(Br)c1. The summed E-state index contributed by atoms with van der Waals surface area (Å²) in [5, 5.41) is 9.57. The highest BCUT2D eigenvalue weighted by molar-refractivity contribution is 9.10. The Balaban J connectivity index is 2.17. The Kier molecular flexibility index (Phi) is 4.90. The molecule has 1 atom stereocenters. The molecule has 0 saturated carbocycles. The van der Waals surface area contributed by atoms with E-state index in [1.807, 2.05) is 37.4 Å². The molecule has 0 spiro atoms. The monoisotopic (exact) mass is 359 g/mol. The molecular weight excluding hydrogens is 346 g/mol. The lowest BCUT2D eigenvalue weighted by atomic mass is 10.1. The Morgan fingerprint density at radius 3 is 2.63 bits per heavy atom. The number of hydrogen-bond acceptors (Lipinski definition) is 3. The van der Waals surface area contributed by atoms with Gasteiger partial charge in [-0.05, 0) is 52.7 Å². The van der Waals surface area contributed by atoms with Gasteiger partial charge < -0.3 is 10.0 Å². The summed E-state index contributed by atoms with van der Waals surface area (Å²) in [5.41, 5.74) is 2.00. The normalized spacial score (nSPS) is 12.5.